The lowest BCUT2D eigenvalue weighted by molar-refractivity contribution is -0.385. The number of amides is 1. The van der Waals surface area contributed by atoms with Gasteiger partial charge in [-0.3, -0.25) is 24.5 Å². The highest BCUT2D eigenvalue weighted by molar-refractivity contribution is 6.30. The van der Waals surface area contributed by atoms with Gasteiger partial charge in [-0.15, -0.1) is 0 Å². The van der Waals surface area contributed by atoms with Gasteiger partial charge in [-0.1, -0.05) is 23.7 Å². The minimum Gasteiger partial charge on any atom is -0.349 e. The average Bonchev–Trinajstić information content (AvgIpc) is 3.17. The lowest BCUT2D eigenvalue weighted by atomic mass is 9.85. The van der Waals surface area contributed by atoms with E-state index < -0.39 is 4.92 Å². The molecule has 1 fully saturated rings. The third-order valence-electron chi connectivity index (χ3n) is 6.93. The van der Waals surface area contributed by atoms with Gasteiger partial charge in [-0.2, -0.15) is 0 Å². The molecule has 1 aromatic carbocycles. The molecule has 1 N–H and O–H groups in total. The molecule has 3 aromatic heterocycles. The number of nitrogens with zero attached hydrogens (tertiary/aromatic N) is 5. The molecule has 1 amide bonds. The van der Waals surface area contributed by atoms with Crippen LogP contribution in [0.3, 0.4) is 0 Å². The fraction of sp³-hybridized carbons (Fsp3) is 0.308. The molecule has 0 bridgehead atoms. The van der Waals surface area contributed by atoms with Crippen LogP contribution in [0.2, 0.25) is 5.02 Å². The number of carbonyl (C=O) groups excluding carboxylic acids is 1. The van der Waals surface area contributed by atoms with Crippen LogP contribution in [0.1, 0.15) is 41.7 Å². The van der Waals surface area contributed by atoms with Crippen LogP contribution in [0, 0.1) is 23.0 Å². The number of fused-ring (bicyclic) bond motifs is 1. The smallest absolute Gasteiger partial charge is 0.334 e. The van der Waals surface area contributed by atoms with E-state index in [0.29, 0.717) is 34.2 Å². The molecule has 0 aliphatic heterocycles. The van der Waals surface area contributed by atoms with Crippen LogP contribution in [0.4, 0.5) is 5.69 Å². The number of benzene rings is 1. The highest BCUT2D eigenvalue weighted by atomic mass is 35.5. The number of nitro groups is 1. The maximum absolute atomic E-state index is 13.5. The third kappa shape index (κ3) is 4.97. The first-order valence-electron chi connectivity index (χ1n) is 12.1. The summed E-state index contributed by atoms with van der Waals surface area (Å²) >= 11 is 6.01. The zero-order valence-corrected chi connectivity index (χ0v) is 20.9. The minimum atomic E-state index is -0.519. The normalized spacial score (nSPS) is 17.6. The Balaban J connectivity index is 1.31. The lowest BCUT2D eigenvalue weighted by Crippen LogP contribution is -2.39. The predicted molar refractivity (Wildman–Crippen MR) is 139 cm³/mol. The molecule has 11 heteroatoms. The molecule has 1 saturated carbocycles. The molecule has 3 heterocycles. The summed E-state index contributed by atoms with van der Waals surface area (Å²) in [7, 11) is 0. The number of imidazole rings is 1. The van der Waals surface area contributed by atoms with Gasteiger partial charge in [0.1, 0.15) is 12.0 Å². The van der Waals surface area contributed by atoms with Gasteiger partial charge in [0.15, 0.2) is 0 Å². The van der Waals surface area contributed by atoms with Crippen molar-refractivity contribution in [2.45, 2.75) is 45.2 Å². The van der Waals surface area contributed by atoms with E-state index in [2.05, 4.69) is 15.3 Å². The second kappa shape index (κ2) is 10.1. The van der Waals surface area contributed by atoms with E-state index >= 15 is 0 Å². The molecule has 1 aliphatic rings. The van der Waals surface area contributed by atoms with Crippen LogP contribution in [-0.4, -0.2) is 36.0 Å². The van der Waals surface area contributed by atoms with Crippen LogP contribution in [0.25, 0.3) is 16.9 Å². The number of hydrogen-bond donors (Lipinski definition) is 1. The van der Waals surface area contributed by atoms with Crippen molar-refractivity contribution in [1.82, 2.24) is 24.4 Å². The average molecular weight is 521 g/mol. The molecule has 37 heavy (non-hydrogen) atoms. The van der Waals surface area contributed by atoms with E-state index in [4.69, 9.17) is 11.6 Å². The Morgan fingerprint density at radius 3 is 2.51 bits per heavy atom. The first-order valence-corrected chi connectivity index (χ1v) is 12.4. The lowest BCUT2D eigenvalue weighted by Gasteiger charge is -2.29. The largest absolute Gasteiger partial charge is 0.349 e. The number of nitrogens with one attached hydrogen (secondary N) is 1. The molecule has 1 aliphatic carbocycles. The van der Waals surface area contributed by atoms with Crippen molar-refractivity contribution in [2.75, 3.05) is 0 Å². The molecule has 4 aromatic rings. The van der Waals surface area contributed by atoms with Gasteiger partial charge in [0, 0.05) is 24.8 Å². The molecule has 0 spiro atoms. The Kier molecular flexibility index (Phi) is 6.75. The first kappa shape index (κ1) is 24.6. The monoisotopic (exact) mass is 520 g/mol. The van der Waals surface area contributed by atoms with Crippen LogP contribution in [-0.2, 0) is 6.54 Å². The highest BCUT2D eigenvalue weighted by Gasteiger charge is 2.26. The van der Waals surface area contributed by atoms with Crippen molar-refractivity contribution in [3.05, 3.63) is 91.7 Å². The van der Waals surface area contributed by atoms with Crippen LogP contribution >= 0.6 is 11.6 Å². The SMILES string of the molecule is Cc1ncc(Cl)cc1C(=O)N[C@H]1CC[C@H](Cn2c(=O)n(-c3ccc([N+](=O)[O-])cn3)c3ccccc32)CC1. The second-order valence-corrected chi connectivity index (χ2v) is 9.76. The maximum Gasteiger partial charge on any atom is 0.334 e. The van der Waals surface area contributed by atoms with Gasteiger partial charge in [0.2, 0.25) is 0 Å². The molecule has 0 radical (unpaired) electrons. The summed E-state index contributed by atoms with van der Waals surface area (Å²) in [6, 6.07) is 12.0. The highest BCUT2D eigenvalue weighted by Crippen LogP contribution is 2.28. The summed E-state index contributed by atoms with van der Waals surface area (Å²) in [6.45, 7) is 2.32. The van der Waals surface area contributed by atoms with Crippen molar-refractivity contribution in [3.8, 4) is 5.82 Å². The number of aromatic nitrogens is 4. The Labute approximate surface area is 217 Å². The van der Waals surface area contributed by atoms with Gasteiger partial charge >= 0.3 is 5.69 Å². The summed E-state index contributed by atoms with van der Waals surface area (Å²) in [5.41, 5.74) is 2.23. The number of carbonyl (C=O) groups is 1. The fourth-order valence-corrected chi connectivity index (χ4v) is 5.13. The Morgan fingerprint density at radius 1 is 1.11 bits per heavy atom. The Bertz CT molecular complexity index is 1540. The number of hydrogen-bond acceptors (Lipinski definition) is 6. The number of para-hydroxylation sites is 2. The van der Waals surface area contributed by atoms with Gasteiger partial charge < -0.3 is 5.32 Å². The Morgan fingerprint density at radius 2 is 1.84 bits per heavy atom. The predicted octanol–water partition coefficient (Wildman–Crippen LogP) is 4.44. The van der Waals surface area contributed by atoms with Gasteiger partial charge in [-0.05, 0) is 62.8 Å². The van der Waals surface area contributed by atoms with Gasteiger partial charge in [0.25, 0.3) is 11.6 Å². The minimum absolute atomic E-state index is 0.0458. The number of halogens is 1. The third-order valence-corrected chi connectivity index (χ3v) is 7.14. The Hall–Kier alpha value is -4.05. The van der Waals surface area contributed by atoms with Crippen molar-refractivity contribution >= 4 is 34.2 Å². The van der Waals surface area contributed by atoms with Crippen molar-refractivity contribution in [1.29, 1.82) is 0 Å². The van der Waals surface area contributed by atoms with E-state index in [1.165, 1.54) is 22.9 Å². The topological polar surface area (TPSA) is 125 Å². The molecule has 5 rings (SSSR count). The van der Waals surface area contributed by atoms with E-state index in [1.54, 1.807) is 17.6 Å². The number of aryl methyl sites for hydroxylation is 1. The first-order chi connectivity index (χ1) is 17.8. The van der Waals surface area contributed by atoms with E-state index in [0.717, 1.165) is 37.4 Å². The molecular weight excluding hydrogens is 496 g/mol. The maximum atomic E-state index is 13.5. The summed E-state index contributed by atoms with van der Waals surface area (Å²) in [5.74, 6) is 0.429. The van der Waals surface area contributed by atoms with E-state index in [9.17, 15) is 19.7 Å². The molecule has 190 valence electrons. The van der Waals surface area contributed by atoms with Crippen molar-refractivity contribution in [3.63, 3.8) is 0 Å². The zero-order chi connectivity index (χ0) is 26.1. The van der Waals surface area contributed by atoms with E-state index in [1.807, 2.05) is 24.3 Å². The quantitative estimate of drug-likeness (QED) is 0.296. The second-order valence-electron chi connectivity index (χ2n) is 9.33. The molecular formula is C26H25ClN6O4. The van der Waals surface area contributed by atoms with E-state index in [-0.39, 0.29) is 29.2 Å². The molecule has 0 atom stereocenters. The standard InChI is InChI=1S/C26H25ClN6O4/c1-16-21(12-18(27)13-28-16)25(34)30-19-8-6-17(7-9-19)15-31-22-4-2-3-5-23(22)32(26(31)35)24-11-10-20(14-29-24)33(36)37/h2-5,10-14,17,19H,6-9,15H2,1H3,(H,30,34)/t17-,19-. The van der Waals surface area contributed by atoms with Gasteiger partial charge in [-0.25, -0.2) is 14.3 Å². The summed E-state index contributed by atoms with van der Waals surface area (Å²) in [6.07, 6.45) is 6.01. The number of rotatable bonds is 6. The van der Waals surface area contributed by atoms with Crippen molar-refractivity contribution in [2.24, 2.45) is 5.92 Å². The van der Waals surface area contributed by atoms with Crippen molar-refractivity contribution < 1.29 is 9.72 Å². The van der Waals surface area contributed by atoms with Crippen LogP contribution in [0.15, 0.2) is 59.7 Å². The fourth-order valence-electron chi connectivity index (χ4n) is 4.97. The summed E-state index contributed by atoms with van der Waals surface area (Å²) in [4.78, 5) is 45.0. The van der Waals surface area contributed by atoms with Crippen LogP contribution in [0.5, 0.6) is 0 Å². The summed E-state index contributed by atoms with van der Waals surface area (Å²) in [5, 5.41) is 14.5. The summed E-state index contributed by atoms with van der Waals surface area (Å²) < 4.78 is 3.25. The van der Waals surface area contributed by atoms with Gasteiger partial charge in [0.05, 0.1) is 32.2 Å². The molecule has 0 unspecified atom stereocenters. The zero-order valence-electron chi connectivity index (χ0n) is 20.1. The molecule has 0 saturated heterocycles. The number of pyridine rings is 2. The molecule has 10 nitrogen and oxygen atoms in total. The van der Waals surface area contributed by atoms with Crippen LogP contribution < -0.4 is 11.0 Å².